The Morgan fingerprint density at radius 3 is 2.33 bits per heavy atom. The van der Waals surface area contributed by atoms with Crippen molar-refractivity contribution in [3.63, 3.8) is 0 Å². The van der Waals surface area contributed by atoms with Crippen molar-refractivity contribution >= 4 is 35.7 Å². The maximum absolute atomic E-state index is 12.8. The van der Waals surface area contributed by atoms with E-state index >= 15 is 0 Å². The number of benzene rings is 2. The van der Waals surface area contributed by atoms with E-state index < -0.39 is 23.4 Å². The minimum Gasteiger partial charge on any atom is -0.447 e. The molecule has 0 aromatic heterocycles. The van der Waals surface area contributed by atoms with Gasteiger partial charge in [-0.1, -0.05) is 29.8 Å². The zero-order valence-corrected chi connectivity index (χ0v) is 20.0. The van der Waals surface area contributed by atoms with Crippen molar-refractivity contribution in [3.8, 4) is 0 Å². The van der Waals surface area contributed by atoms with Crippen LogP contribution in [0.15, 0.2) is 48.5 Å². The van der Waals surface area contributed by atoms with Crippen LogP contribution in [0.1, 0.15) is 24.0 Å². The van der Waals surface area contributed by atoms with Crippen molar-refractivity contribution in [1.29, 1.82) is 0 Å². The molecule has 0 aliphatic carbocycles. The summed E-state index contributed by atoms with van der Waals surface area (Å²) in [5, 5.41) is 2.86. The molecule has 2 aromatic carbocycles. The van der Waals surface area contributed by atoms with Crippen molar-refractivity contribution in [3.05, 3.63) is 64.7 Å². The Hall–Kier alpha value is -3.31. The zero-order valence-electron chi connectivity index (χ0n) is 19.3. The third-order valence-corrected chi connectivity index (χ3v) is 6.56. The third kappa shape index (κ3) is 6.67. The lowest BCUT2D eigenvalue weighted by Gasteiger charge is -2.46. The minimum atomic E-state index is -4.49. The molecule has 1 heterocycles. The van der Waals surface area contributed by atoms with Gasteiger partial charge in [0.15, 0.2) is 0 Å². The summed E-state index contributed by atoms with van der Waals surface area (Å²) in [6.45, 7) is 0.404. The molecule has 36 heavy (non-hydrogen) atoms. The molecule has 8 nitrogen and oxygen atoms in total. The summed E-state index contributed by atoms with van der Waals surface area (Å²) in [5.74, 6) is -0.228. The van der Waals surface area contributed by atoms with Crippen LogP contribution in [-0.2, 0) is 27.0 Å². The lowest BCUT2D eigenvalue weighted by Crippen LogP contribution is -2.59. The Balaban J connectivity index is 1.73. The second-order valence-electron chi connectivity index (χ2n) is 8.41. The van der Waals surface area contributed by atoms with E-state index in [9.17, 15) is 27.6 Å². The normalized spacial score (nSPS) is 15.2. The molecule has 0 radical (unpaired) electrons. The van der Waals surface area contributed by atoms with E-state index in [4.69, 9.17) is 22.1 Å². The molecular formula is C24H26ClF3N4O4. The first kappa shape index (κ1) is 27.3. The van der Waals surface area contributed by atoms with E-state index in [2.05, 4.69) is 5.32 Å². The van der Waals surface area contributed by atoms with Gasteiger partial charge >= 0.3 is 12.3 Å². The Kier molecular flexibility index (Phi) is 8.80. The number of rotatable bonds is 8. The van der Waals surface area contributed by atoms with Crippen molar-refractivity contribution in [2.45, 2.75) is 31.1 Å². The quantitative estimate of drug-likeness (QED) is 0.508. The molecule has 0 spiro atoms. The van der Waals surface area contributed by atoms with Crippen molar-refractivity contribution in [2.24, 2.45) is 5.73 Å². The first-order valence-corrected chi connectivity index (χ1v) is 11.5. The number of carbonyl (C=O) groups excluding carboxylic acids is 3. The van der Waals surface area contributed by atoms with Gasteiger partial charge in [-0.2, -0.15) is 13.2 Å². The number of alkyl halides is 3. The molecule has 0 bridgehead atoms. The van der Waals surface area contributed by atoms with Crippen molar-refractivity contribution in [2.75, 3.05) is 31.6 Å². The molecule has 194 valence electrons. The van der Waals surface area contributed by atoms with E-state index in [0.29, 0.717) is 42.9 Å². The second-order valence-corrected chi connectivity index (χ2v) is 8.82. The molecule has 0 unspecified atom stereocenters. The number of anilines is 1. The van der Waals surface area contributed by atoms with Crippen LogP contribution in [0.2, 0.25) is 5.02 Å². The van der Waals surface area contributed by atoms with Gasteiger partial charge in [0.2, 0.25) is 12.3 Å². The van der Waals surface area contributed by atoms with Gasteiger partial charge in [0.05, 0.1) is 17.6 Å². The van der Waals surface area contributed by atoms with Crippen LogP contribution in [0.3, 0.4) is 0 Å². The van der Waals surface area contributed by atoms with Crippen LogP contribution in [0.5, 0.6) is 0 Å². The maximum atomic E-state index is 12.8. The molecule has 1 saturated heterocycles. The Bertz CT molecular complexity index is 1070. The fourth-order valence-corrected chi connectivity index (χ4v) is 4.23. The van der Waals surface area contributed by atoms with Gasteiger partial charge < -0.3 is 20.3 Å². The van der Waals surface area contributed by atoms with Gasteiger partial charge in [0, 0.05) is 30.3 Å². The number of likely N-dealkylation sites (tertiary alicyclic amines) is 1. The topological polar surface area (TPSA) is 105 Å². The first-order valence-electron chi connectivity index (χ1n) is 11.1. The zero-order chi connectivity index (χ0) is 26.3. The molecule has 1 fully saturated rings. The van der Waals surface area contributed by atoms with E-state index in [1.807, 2.05) is 0 Å². The van der Waals surface area contributed by atoms with Crippen LogP contribution in [0.4, 0.5) is 23.7 Å². The van der Waals surface area contributed by atoms with Gasteiger partial charge in [-0.3, -0.25) is 14.9 Å². The van der Waals surface area contributed by atoms with Gasteiger partial charge in [0.25, 0.3) is 0 Å². The number of carbonyl (C=O) groups is 3. The van der Waals surface area contributed by atoms with E-state index in [1.54, 1.807) is 29.2 Å². The predicted octanol–water partition coefficient (Wildman–Crippen LogP) is 3.89. The van der Waals surface area contributed by atoms with E-state index in [0.717, 1.165) is 24.3 Å². The van der Waals surface area contributed by atoms with Crippen molar-refractivity contribution < 1.29 is 32.3 Å². The summed E-state index contributed by atoms with van der Waals surface area (Å²) < 4.78 is 43.7. The number of halogens is 4. The Morgan fingerprint density at radius 1 is 1.14 bits per heavy atom. The maximum Gasteiger partial charge on any atom is 0.416 e. The monoisotopic (exact) mass is 526 g/mol. The Morgan fingerprint density at radius 2 is 1.78 bits per heavy atom. The van der Waals surface area contributed by atoms with Gasteiger partial charge in [-0.15, -0.1) is 0 Å². The summed E-state index contributed by atoms with van der Waals surface area (Å²) in [7, 11) is 0. The molecular weight excluding hydrogens is 501 g/mol. The van der Waals surface area contributed by atoms with Crippen molar-refractivity contribution in [1.82, 2.24) is 9.80 Å². The van der Waals surface area contributed by atoms with Crippen LogP contribution in [0.25, 0.3) is 0 Å². The molecule has 1 aliphatic rings. The van der Waals surface area contributed by atoms with Crippen LogP contribution in [0, 0.1) is 0 Å². The molecule has 3 amide bonds. The summed E-state index contributed by atoms with van der Waals surface area (Å²) in [6.07, 6.45) is -4.10. The lowest BCUT2D eigenvalue weighted by molar-refractivity contribution is -0.138. The molecule has 0 saturated carbocycles. The summed E-state index contributed by atoms with van der Waals surface area (Å²) in [6, 6.07) is 10.9. The third-order valence-electron chi connectivity index (χ3n) is 6.19. The minimum absolute atomic E-state index is 0.119. The standard InChI is InChI=1S/C24H26ClF3N4O4/c25-20-4-2-1-3-17(20)14-32(16-33)23(9-11-31(12-10-23)21(34)13-29)15-36-22(35)30-19-7-5-18(6-8-19)24(26,27)28/h1-8,16H,9-15,29H2,(H,30,35). The number of amides is 3. The molecule has 1 aliphatic heterocycles. The predicted molar refractivity (Wildman–Crippen MR) is 127 cm³/mol. The number of nitrogens with two attached hydrogens (primary N) is 1. The van der Waals surface area contributed by atoms with Crippen LogP contribution in [-0.4, -0.2) is 60.0 Å². The van der Waals surface area contributed by atoms with Gasteiger partial charge in [0.1, 0.15) is 6.61 Å². The van der Waals surface area contributed by atoms with Gasteiger partial charge in [-0.25, -0.2) is 4.79 Å². The number of ether oxygens (including phenoxy) is 1. The fourth-order valence-electron chi connectivity index (χ4n) is 4.04. The molecule has 12 heteroatoms. The fraction of sp³-hybridized carbons (Fsp3) is 0.375. The molecule has 0 atom stereocenters. The second kappa shape index (κ2) is 11.6. The average Bonchev–Trinajstić information content (AvgIpc) is 2.86. The van der Waals surface area contributed by atoms with Crippen LogP contribution < -0.4 is 11.1 Å². The SMILES string of the molecule is NCC(=O)N1CCC(COC(=O)Nc2ccc(C(F)(F)F)cc2)(N(C=O)Cc2ccccc2Cl)CC1. The highest BCUT2D eigenvalue weighted by Crippen LogP contribution is 2.32. The molecule has 2 aromatic rings. The summed E-state index contributed by atoms with van der Waals surface area (Å²) in [4.78, 5) is 39.8. The number of hydrogen-bond donors (Lipinski definition) is 2. The highest BCUT2D eigenvalue weighted by Gasteiger charge is 2.42. The number of nitrogens with zero attached hydrogens (tertiary/aromatic N) is 2. The number of hydrogen-bond acceptors (Lipinski definition) is 5. The summed E-state index contributed by atoms with van der Waals surface area (Å²) >= 11 is 6.28. The first-order chi connectivity index (χ1) is 17.1. The largest absolute Gasteiger partial charge is 0.447 e. The average molecular weight is 527 g/mol. The highest BCUT2D eigenvalue weighted by atomic mass is 35.5. The number of nitrogens with one attached hydrogen (secondary N) is 1. The molecule has 3 N–H and O–H groups in total. The number of piperidine rings is 1. The lowest BCUT2D eigenvalue weighted by atomic mass is 9.86. The summed E-state index contributed by atoms with van der Waals surface area (Å²) in [5.41, 5.74) is 4.49. The van der Waals surface area contributed by atoms with Crippen LogP contribution >= 0.6 is 11.6 Å². The Labute approximate surface area is 211 Å². The smallest absolute Gasteiger partial charge is 0.416 e. The van der Waals surface area contributed by atoms with E-state index in [-0.39, 0.29) is 31.3 Å². The highest BCUT2D eigenvalue weighted by molar-refractivity contribution is 6.31. The van der Waals surface area contributed by atoms with Gasteiger partial charge in [-0.05, 0) is 48.7 Å². The molecule has 3 rings (SSSR count). The van der Waals surface area contributed by atoms with E-state index in [1.165, 1.54) is 4.90 Å².